The zero-order chi connectivity index (χ0) is 17.4. The van der Waals surface area contributed by atoms with E-state index in [9.17, 15) is 0 Å². The van der Waals surface area contributed by atoms with E-state index in [0.717, 1.165) is 23.4 Å². The topological polar surface area (TPSA) is 35.3 Å². The van der Waals surface area contributed by atoms with Gasteiger partial charge in [0.25, 0.3) is 0 Å². The van der Waals surface area contributed by atoms with E-state index in [1.54, 1.807) is 0 Å². The maximum atomic E-state index is 6.53. The van der Waals surface area contributed by atoms with Gasteiger partial charge in [0.05, 0.1) is 29.7 Å². The SMILES string of the molecule is CCC1CCCC1OCc1c(C2C(Cl)=CC=CC2Cl)noc1C1CC1. The lowest BCUT2D eigenvalue weighted by molar-refractivity contribution is 0.0140. The fraction of sp³-hybridized carbons (Fsp3) is 0.650. The van der Waals surface area contributed by atoms with E-state index in [2.05, 4.69) is 12.1 Å². The molecule has 4 atom stereocenters. The van der Waals surface area contributed by atoms with Gasteiger partial charge >= 0.3 is 0 Å². The molecule has 0 bridgehead atoms. The molecule has 0 aromatic carbocycles. The number of nitrogens with zero attached hydrogens (tertiary/aromatic N) is 1. The fourth-order valence-electron chi connectivity index (χ4n) is 4.17. The average Bonchev–Trinajstić information content (AvgIpc) is 3.20. The van der Waals surface area contributed by atoms with Gasteiger partial charge in [-0.3, -0.25) is 0 Å². The summed E-state index contributed by atoms with van der Waals surface area (Å²) >= 11 is 13.0. The molecule has 1 aromatic heterocycles. The monoisotopic (exact) mass is 381 g/mol. The summed E-state index contributed by atoms with van der Waals surface area (Å²) in [4.78, 5) is 0. The van der Waals surface area contributed by atoms with Gasteiger partial charge in [0, 0.05) is 16.5 Å². The van der Waals surface area contributed by atoms with Crippen molar-refractivity contribution in [3.05, 3.63) is 40.3 Å². The first-order valence-corrected chi connectivity index (χ1v) is 10.3. The van der Waals surface area contributed by atoms with Crippen LogP contribution >= 0.6 is 23.2 Å². The van der Waals surface area contributed by atoms with E-state index in [-0.39, 0.29) is 11.3 Å². The smallest absolute Gasteiger partial charge is 0.145 e. The molecule has 0 aliphatic heterocycles. The normalized spacial score (nSPS) is 32.2. The molecular formula is C20H25Cl2NO2. The van der Waals surface area contributed by atoms with Crippen LogP contribution in [-0.4, -0.2) is 16.6 Å². The predicted octanol–water partition coefficient (Wildman–Crippen LogP) is 6.03. The van der Waals surface area contributed by atoms with Gasteiger partial charge in [-0.15, -0.1) is 11.6 Å². The van der Waals surface area contributed by atoms with Crippen molar-refractivity contribution in [3.8, 4) is 0 Å². The third kappa shape index (κ3) is 3.56. The van der Waals surface area contributed by atoms with Gasteiger partial charge in [-0.05, 0) is 37.7 Å². The fourth-order valence-corrected chi connectivity index (χ4v) is 4.89. The molecule has 1 heterocycles. The number of allylic oxidation sites excluding steroid dienone is 4. The van der Waals surface area contributed by atoms with E-state index in [4.69, 9.17) is 32.5 Å². The van der Waals surface area contributed by atoms with Gasteiger partial charge < -0.3 is 9.26 Å². The minimum absolute atomic E-state index is 0.145. The van der Waals surface area contributed by atoms with E-state index in [0.29, 0.717) is 29.6 Å². The Balaban J connectivity index is 1.58. The molecule has 25 heavy (non-hydrogen) atoms. The Hall–Kier alpha value is -0.770. The minimum Gasteiger partial charge on any atom is -0.373 e. The van der Waals surface area contributed by atoms with Crippen LogP contribution in [-0.2, 0) is 11.3 Å². The molecule has 0 spiro atoms. The summed E-state index contributed by atoms with van der Waals surface area (Å²) in [5.74, 6) is 2.01. The molecule has 1 aromatic rings. The zero-order valence-electron chi connectivity index (χ0n) is 14.6. The highest BCUT2D eigenvalue weighted by atomic mass is 35.5. The number of hydrogen-bond donors (Lipinski definition) is 0. The van der Waals surface area contributed by atoms with Crippen molar-refractivity contribution >= 4 is 23.2 Å². The molecule has 5 heteroatoms. The first-order chi connectivity index (χ1) is 12.2. The van der Waals surface area contributed by atoms with Crippen LogP contribution in [0.15, 0.2) is 27.8 Å². The summed E-state index contributed by atoms with van der Waals surface area (Å²) in [7, 11) is 0. The molecule has 0 N–H and O–H groups in total. The Morgan fingerprint density at radius 2 is 2.12 bits per heavy atom. The van der Waals surface area contributed by atoms with Gasteiger partial charge in [0.15, 0.2) is 0 Å². The molecule has 0 radical (unpaired) electrons. The lowest BCUT2D eigenvalue weighted by atomic mass is 9.92. The van der Waals surface area contributed by atoms with Crippen LogP contribution in [0.3, 0.4) is 0 Å². The van der Waals surface area contributed by atoms with Crippen molar-refractivity contribution in [2.24, 2.45) is 5.92 Å². The second-order valence-electron chi connectivity index (χ2n) is 7.49. The number of halogens is 2. The molecule has 136 valence electrons. The second kappa shape index (κ2) is 7.46. The molecular weight excluding hydrogens is 357 g/mol. The molecule has 0 saturated heterocycles. The highest BCUT2D eigenvalue weighted by molar-refractivity contribution is 6.32. The van der Waals surface area contributed by atoms with Gasteiger partial charge in [0.1, 0.15) is 5.76 Å². The maximum absolute atomic E-state index is 6.53. The summed E-state index contributed by atoms with van der Waals surface area (Å²) in [6.45, 7) is 2.81. The van der Waals surface area contributed by atoms with Crippen LogP contribution in [0.4, 0.5) is 0 Å². The summed E-state index contributed by atoms with van der Waals surface area (Å²) in [6, 6.07) is 0. The second-order valence-corrected chi connectivity index (χ2v) is 8.43. The number of alkyl halides is 1. The summed E-state index contributed by atoms with van der Waals surface area (Å²) < 4.78 is 12.1. The van der Waals surface area contributed by atoms with Crippen molar-refractivity contribution in [3.63, 3.8) is 0 Å². The van der Waals surface area contributed by atoms with Gasteiger partial charge in [0.2, 0.25) is 0 Å². The molecule has 2 fully saturated rings. The van der Waals surface area contributed by atoms with Crippen LogP contribution in [0.2, 0.25) is 0 Å². The van der Waals surface area contributed by atoms with Crippen molar-refractivity contribution in [2.75, 3.05) is 0 Å². The van der Waals surface area contributed by atoms with Crippen LogP contribution in [0.5, 0.6) is 0 Å². The molecule has 2 saturated carbocycles. The Morgan fingerprint density at radius 3 is 2.84 bits per heavy atom. The van der Waals surface area contributed by atoms with Crippen molar-refractivity contribution in [2.45, 2.75) is 75.4 Å². The highest BCUT2D eigenvalue weighted by Crippen LogP contribution is 2.46. The minimum atomic E-state index is -0.205. The molecule has 0 amide bonds. The Kier molecular flexibility index (Phi) is 5.26. The Morgan fingerprint density at radius 1 is 1.28 bits per heavy atom. The van der Waals surface area contributed by atoms with Gasteiger partial charge in [-0.2, -0.15) is 0 Å². The zero-order valence-corrected chi connectivity index (χ0v) is 16.1. The summed E-state index contributed by atoms with van der Waals surface area (Å²) in [5.41, 5.74) is 1.94. The van der Waals surface area contributed by atoms with E-state index in [1.165, 1.54) is 32.1 Å². The van der Waals surface area contributed by atoms with Crippen LogP contribution < -0.4 is 0 Å². The van der Waals surface area contributed by atoms with Crippen LogP contribution in [0.25, 0.3) is 0 Å². The summed E-state index contributed by atoms with van der Waals surface area (Å²) in [6.07, 6.45) is 13.3. The lowest BCUT2D eigenvalue weighted by Gasteiger charge is -2.22. The average molecular weight is 382 g/mol. The predicted molar refractivity (Wildman–Crippen MR) is 100 cm³/mol. The first kappa shape index (κ1) is 17.6. The molecule has 3 nitrogen and oxygen atoms in total. The van der Waals surface area contributed by atoms with E-state index < -0.39 is 0 Å². The number of rotatable bonds is 6. The quantitative estimate of drug-likeness (QED) is 0.564. The van der Waals surface area contributed by atoms with Gasteiger partial charge in [-0.1, -0.05) is 48.7 Å². The van der Waals surface area contributed by atoms with Crippen LogP contribution in [0, 0.1) is 5.92 Å². The first-order valence-electron chi connectivity index (χ1n) is 9.47. The molecule has 4 unspecified atom stereocenters. The third-order valence-electron chi connectivity index (χ3n) is 5.81. The maximum Gasteiger partial charge on any atom is 0.145 e. The van der Waals surface area contributed by atoms with Crippen molar-refractivity contribution in [1.82, 2.24) is 5.16 Å². The molecule has 3 aliphatic rings. The molecule has 3 aliphatic carbocycles. The summed E-state index contributed by atoms with van der Waals surface area (Å²) in [5, 5.41) is 4.90. The van der Waals surface area contributed by atoms with Crippen molar-refractivity contribution in [1.29, 1.82) is 0 Å². The largest absolute Gasteiger partial charge is 0.373 e. The van der Waals surface area contributed by atoms with E-state index >= 15 is 0 Å². The standard InChI is InChI=1S/C20H25Cl2NO2/c1-2-12-5-3-8-17(12)24-11-14-19(23-25-20(14)13-9-10-13)18-15(21)6-4-7-16(18)22/h4,6-7,12-13,15,17-18H,2-3,5,8-11H2,1H3. The number of aromatic nitrogens is 1. The Labute approximate surface area is 159 Å². The lowest BCUT2D eigenvalue weighted by Crippen LogP contribution is -2.20. The van der Waals surface area contributed by atoms with E-state index in [1.807, 2.05) is 18.2 Å². The van der Waals surface area contributed by atoms with Crippen molar-refractivity contribution < 1.29 is 9.26 Å². The molecule has 4 rings (SSSR count). The van der Waals surface area contributed by atoms with Crippen LogP contribution in [0.1, 0.15) is 74.3 Å². The number of hydrogen-bond acceptors (Lipinski definition) is 3. The number of ether oxygens (including phenoxy) is 1. The Bertz CT molecular complexity index is 677. The third-order valence-corrected chi connectivity index (χ3v) is 6.57. The highest BCUT2D eigenvalue weighted by Gasteiger charge is 2.37. The van der Waals surface area contributed by atoms with Gasteiger partial charge in [-0.25, -0.2) is 0 Å².